The van der Waals surface area contributed by atoms with Crippen molar-refractivity contribution in [1.82, 2.24) is 9.78 Å². The van der Waals surface area contributed by atoms with Gasteiger partial charge in [-0.1, -0.05) is 20.8 Å². The Balaban J connectivity index is 2.96. The van der Waals surface area contributed by atoms with E-state index < -0.39 is 0 Å². The zero-order valence-electron chi connectivity index (χ0n) is 8.91. The van der Waals surface area contributed by atoms with Gasteiger partial charge in [-0.3, -0.25) is 4.68 Å². The van der Waals surface area contributed by atoms with Gasteiger partial charge in [-0.25, -0.2) is 0 Å². The molecular formula is C10H19N3. The summed E-state index contributed by atoms with van der Waals surface area (Å²) >= 11 is 0. The predicted octanol–water partition coefficient (Wildman–Crippen LogP) is 1.95. The monoisotopic (exact) mass is 181 g/mol. The van der Waals surface area contributed by atoms with Crippen molar-refractivity contribution in [3.05, 3.63) is 17.5 Å². The maximum Gasteiger partial charge on any atom is 0.0653 e. The molecule has 1 rings (SSSR count). The minimum Gasteiger partial charge on any atom is -0.323 e. The highest BCUT2D eigenvalue weighted by Gasteiger charge is 2.12. The minimum atomic E-state index is 0.116. The van der Waals surface area contributed by atoms with Crippen LogP contribution in [0.3, 0.4) is 0 Å². The fraction of sp³-hybridized carbons (Fsp3) is 0.700. The first-order chi connectivity index (χ1) is 6.06. The molecule has 3 heteroatoms. The minimum absolute atomic E-state index is 0.116. The molecule has 0 radical (unpaired) electrons. The van der Waals surface area contributed by atoms with Gasteiger partial charge in [0, 0.05) is 13.1 Å². The number of hydrogen-bond acceptors (Lipinski definition) is 2. The molecule has 0 fully saturated rings. The number of aryl methyl sites for hydroxylation is 1. The molecule has 1 aromatic heterocycles. The summed E-state index contributed by atoms with van der Waals surface area (Å²) in [6.07, 6.45) is 0.955. The van der Waals surface area contributed by atoms with Crippen molar-refractivity contribution in [3.8, 4) is 0 Å². The SMILES string of the molecule is CCC(N)c1cc(C(C)C)nn1C. The van der Waals surface area contributed by atoms with Crippen LogP contribution in [-0.4, -0.2) is 9.78 Å². The molecule has 1 aromatic rings. The molecular weight excluding hydrogens is 162 g/mol. The Bertz CT molecular complexity index is 276. The molecule has 13 heavy (non-hydrogen) atoms. The normalized spacial score (nSPS) is 13.7. The number of nitrogens with zero attached hydrogens (tertiary/aromatic N) is 2. The summed E-state index contributed by atoms with van der Waals surface area (Å²) in [5.41, 5.74) is 8.20. The molecule has 3 nitrogen and oxygen atoms in total. The molecule has 1 atom stereocenters. The Kier molecular flexibility index (Phi) is 3.09. The Morgan fingerprint density at radius 1 is 1.54 bits per heavy atom. The van der Waals surface area contributed by atoms with Crippen LogP contribution in [0.5, 0.6) is 0 Å². The summed E-state index contributed by atoms with van der Waals surface area (Å²) in [5, 5.41) is 4.42. The highest BCUT2D eigenvalue weighted by molar-refractivity contribution is 5.16. The summed E-state index contributed by atoms with van der Waals surface area (Å²) in [7, 11) is 1.96. The fourth-order valence-electron chi connectivity index (χ4n) is 1.34. The first-order valence-electron chi connectivity index (χ1n) is 4.85. The zero-order chi connectivity index (χ0) is 10.0. The molecule has 0 aliphatic rings. The highest BCUT2D eigenvalue weighted by Crippen LogP contribution is 2.18. The first-order valence-corrected chi connectivity index (χ1v) is 4.85. The van der Waals surface area contributed by atoms with E-state index >= 15 is 0 Å². The Morgan fingerprint density at radius 3 is 2.54 bits per heavy atom. The number of nitrogens with two attached hydrogens (primary N) is 1. The van der Waals surface area contributed by atoms with Gasteiger partial charge in [0.1, 0.15) is 0 Å². The van der Waals surface area contributed by atoms with Gasteiger partial charge >= 0.3 is 0 Å². The molecule has 0 bridgehead atoms. The molecule has 2 N–H and O–H groups in total. The maximum absolute atomic E-state index is 5.95. The van der Waals surface area contributed by atoms with Crippen LogP contribution < -0.4 is 5.73 Å². The Morgan fingerprint density at radius 2 is 2.15 bits per heavy atom. The topological polar surface area (TPSA) is 43.8 Å². The quantitative estimate of drug-likeness (QED) is 0.774. The van der Waals surface area contributed by atoms with Crippen LogP contribution in [0.1, 0.15) is 50.5 Å². The number of rotatable bonds is 3. The summed E-state index contributed by atoms with van der Waals surface area (Å²) in [6.45, 7) is 6.37. The van der Waals surface area contributed by atoms with Crippen molar-refractivity contribution in [2.24, 2.45) is 12.8 Å². The first kappa shape index (κ1) is 10.3. The highest BCUT2D eigenvalue weighted by atomic mass is 15.3. The Labute approximate surface area is 79.9 Å². The van der Waals surface area contributed by atoms with Gasteiger partial charge in [-0.05, 0) is 18.4 Å². The largest absolute Gasteiger partial charge is 0.323 e. The fourth-order valence-corrected chi connectivity index (χ4v) is 1.34. The maximum atomic E-state index is 5.95. The van der Waals surface area contributed by atoms with Crippen molar-refractivity contribution < 1.29 is 0 Å². The lowest BCUT2D eigenvalue weighted by Crippen LogP contribution is -2.13. The van der Waals surface area contributed by atoms with Crippen LogP contribution in [-0.2, 0) is 7.05 Å². The van der Waals surface area contributed by atoms with Crippen LogP contribution in [0.2, 0.25) is 0 Å². The van der Waals surface area contributed by atoms with Crippen LogP contribution in [0.25, 0.3) is 0 Å². The van der Waals surface area contributed by atoms with E-state index in [4.69, 9.17) is 5.73 Å². The van der Waals surface area contributed by atoms with E-state index in [-0.39, 0.29) is 6.04 Å². The van der Waals surface area contributed by atoms with Gasteiger partial charge in [-0.2, -0.15) is 5.10 Å². The molecule has 0 aliphatic carbocycles. The lowest BCUT2D eigenvalue weighted by molar-refractivity contribution is 0.600. The third kappa shape index (κ3) is 2.10. The van der Waals surface area contributed by atoms with E-state index in [9.17, 15) is 0 Å². The molecule has 1 unspecified atom stereocenters. The molecule has 0 spiro atoms. The molecule has 0 aliphatic heterocycles. The van der Waals surface area contributed by atoms with E-state index in [0.717, 1.165) is 17.8 Å². The molecule has 0 aromatic carbocycles. The van der Waals surface area contributed by atoms with Gasteiger partial charge in [0.2, 0.25) is 0 Å². The predicted molar refractivity (Wildman–Crippen MR) is 54.5 cm³/mol. The van der Waals surface area contributed by atoms with Crippen molar-refractivity contribution in [3.63, 3.8) is 0 Å². The van der Waals surface area contributed by atoms with Gasteiger partial charge in [-0.15, -0.1) is 0 Å². The van der Waals surface area contributed by atoms with Crippen LogP contribution >= 0.6 is 0 Å². The molecule has 0 saturated carbocycles. The van der Waals surface area contributed by atoms with Crippen LogP contribution in [0.4, 0.5) is 0 Å². The Hall–Kier alpha value is -0.830. The summed E-state index contributed by atoms with van der Waals surface area (Å²) in [4.78, 5) is 0. The third-order valence-electron chi connectivity index (χ3n) is 2.35. The van der Waals surface area contributed by atoms with Gasteiger partial charge in [0.25, 0.3) is 0 Å². The lowest BCUT2D eigenvalue weighted by atomic mass is 10.1. The van der Waals surface area contributed by atoms with Crippen LogP contribution in [0.15, 0.2) is 6.07 Å². The summed E-state index contributed by atoms with van der Waals surface area (Å²) < 4.78 is 1.89. The average molecular weight is 181 g/mol. The molecule has 0 amide bonds. The van der Waals surface area contributed by atoms with E-state index in [1.807, 2.05) is 11.7 Å². The van der Waals surface area contributed by atoms with E-state index in [1.165, 1.54) is 0 Å². The van der Waals surface area contributed by atoms with Crippen molar-refractivity contribution in [1.29, 1.82) is 0 Å². The van der Waals surface area contributed by atoms with Crippen LogP contribution in [0, 0.1) is 0 Å². The zero-order valence-corrected chi connectivity index (χ0v) is 8.91. The van der Waals surface area contributed by atoms with E-state index in [1.54, 1.807) is 0 Å². The van der Waals surface area contributed by atoms with Crippen molar-refractivity contribution >= 4 is 0 Å². The standard InChI is InChI=1S/C10H19N3/c1-5-8(11)10-6-9(7(2)3)12-13(10)4/h6-8H,5,11H2,1-4H3. The average Bonchev–Trinajstić information content (AvgIpc) is 2.46. The number of aromatic nitrogens is 2. The van der Waals surface area contributed by atoms with Gasteiger partial charge < -0.3 is 5.73 Å². The smallest absolute Gasteiger partial charge is 0.0653 e. The number of hydrogen-bond donors (Lipinski definition) is 1. The van der Waals surface area contributed by atoms with E-state index in [2.05, 4.69) is 31.9 Å². The van der Waals surface area contributed by atoms with Crippen molar-refractivity contribution in [2.75, 3.05) is 0 Å². The summed E-state index contributed by atoms with van der Waals surface area (Å²) in [5.74, 6) is 0.476. The van der Waals surface area contributed by atoms with Crippen molar-refractivity contribution in [2.45, 2.75) is 39.2 Å². The molecule has 74 valence electrons. The second-order valence-electron chi connectivity index (χ2n) is 3.79. The second-order valence-corrected chi connectivity index (χ2v) is 3.79. The second kappa shape index (κ2) is 3.92. The van der Waals surface area contributed by atoms with E-state index in [0.29, 0.717) is 5.92 Å². The summed E-state index contributed by atoms with van der Waals surface area (Å²) in [6, 6.07) is 2.23. The van der Waals surface area contributed by atoms with Gasteiger partial charge in [0.15, 0.2) is 0 Å². The molecule has 0 saturated heterocycles. The lowest BCUT2D eigenvalue weighted by Gasteiger charge is -2.07. The van der Waals surface area contributed by atoms with Gasteiger partial charge in [0.05, 0.1) is 11.4 Å². The third-order valence-corrected chi connectivity index (χ3v) is 2.35. The molecule has 1 heterocycles.